The van der Waals surface area contributed by atoms with E-state index >= 15 is 0 Å². The molecule has 0 spiro atoms. The molecule has 0 radical (unpaired) electrons. The van der Waals surface area contributed by atoms with Gasteiger partial charge in [0, 0.05) is 18.7 Å². The van der Waals surface area contributed by atoms with Crippen LogP contribution in [0.5, 0.6) is 0 Å². The van der Waals surface area contributed by atoms with Crippen molar-refractivity contribution in [2.45, 2.75) is 6.92 Å². The lowest BCUT2D eigenvalue weighted by atomic mass is 10.2. The lowest BCUT2D eigenvalue weighted by Crippen LogP contribution is -2.41. The van der Waals surface area contributed by atoms with E-state index < -0.39 is 15.9 Å². The molecule has 0 aromatic heterocycles. The molecule has 1 N–H and O–H groups in total. The molecule has 1 rings (SSSR count). The van der Waals surface area contributed by atoms with Gasteiger partial charge >= 0.3 is 0 Å². The molecule has 0 aliphatic rings. The highest BCUT2D eigenvalue weighted by Gasteiger charge is 2.22. The minimum atomic E-state index is -3.58. The number of carbonyl (C=O) groups excluding carboxylic acids is 1. The number of hydrogen-bond donors (Lipinski definition) is 1. The number of aryl methyl sites for hydroxylation is 1. The third kappa shape index (κ3) is 5.53. The molecule has 1 amide bonds. The third-order valence-electron chi connectivity index (χ3n) is 2.74. The molecule has 21 heavy (non-hydrogen) atoms. The Morgan fingerprint density at radius 2 is 2.10 bits per heavy atom. The number of anilines is 1. The summed E-state index contributed by atoms with van der Waals surface area (Å²) in [5.41, 5.74) is 1.11. The zero-order chi connectivity index (χ0) is 16.0. The van der Waals surface area contributed by atoms with Crippen LogP contribution < -0.4 is 9.62 Å². The van der Waals surface area contributed by atoms with Gasteiger partial charge in [-0.15, -0.1) is 0 Å². The fraction of sp³-hybridized carbons (Fsp3) is 0.462. The second kappa shape index (κ2) is 7.63. The molecule has 0 saturated carbocycles. The average Bonchev–Trinajstić information content (AvgIpc) is 2.36. The molecule has 0 saturated heterocycles. The van der Waals surface area contributed by atoms with Crippen LogP contribution >= 0.6 is 11.6 Å². The Kier molecular flexibility index (Phi) is 6.44. The van der Waals surface area contributed by atoms with Gasteiger partial charge in [0.05, 0.1) is 18.6 Å². The van der Waals surface area contributed by atoms with E-state index in [2.05, 4.69) is 5.32 Å². The summed E-state index contributed by atoms with van der Waals surface area (Å²) in [6, 6.07) is 4.82. The predicted molar refractivity (Wildman–Crippen MR) is 83.3 cm³/mol. The number of benzene rings is 1. The average molecular weight is 335 g/mol. The summed E-state index contributed by atoms with van der Waals surface area (Å²) in [6.45, 7) is 2.14. The van der Waals surface area contributed by atoms with Crippen molar-refractivity contribution in [1.82, 2.24) is 5.32 Å². The Morgan fingerprint density at radius 1 is 1.43 bits per heavy atom. The molecule has 1 aromatic rings. The lowest BCUT2D eigenvalue weighted by Gasteiger charge is -2.23. The number of nitrogens with zero attached hydrogens (tertiary/aromatic N) is 1. The zero-order valence-electron chi connectivity index (χ0n) is 12.2. The summed E-state index contributed by atoms with van der Waals surface area (Å²) in [7, 11) is -2.06. The topological polar surface area (TPSA) is 75.7 Å². The van der Waals surface area contributed by atoms with E-state index in [1.54, 1.807) is 25.1 Å². The van der Waals surface area contributed by atoms with Crippen LogP contribution in [0, 0.1) is 6.92 Å². The number of carbonyl (C=O) groups is 1. The number of nitrogens with one attached hydrogen (secondary N) is 1. The fourth-order valence-corrected chi connectivity index (χ4v) is 2.90. The molecule has 6 nitrogen and oxygen atoms in total. The maximum Gasteiger partial charge on any atom is 0.240 e. The number of rotatable bonds is 7. The Bertz CT molecular complexity index is 604. The van der Waals surface area contributed by atoms with Gasteiger partial charge in [0.1, 0.15) is 6.54 Å². The normalized spacial score (nSPS) is 11.2. The molecule has 0 unspecified atom stereocenters. The summed E-state index contributed by atoms with van der Waals surface area (Å²) >= 11 is 5.86. The quantitative estimate of drug-likeness (QED) is 0.760. The van der Waals surface area contributed by atoms with E-state index in [9.17, 15) is 13.2 Å². The van der Waals surface area contributed by atoms with Crippen molar-refractivity contribution in [3.05, 3.63) is 28.8 Å². The summed E-state index contributed by atoms with van der Waals surface area (Å²) in [5, 5.41) is 3.10. The molecule has 0 aliphatic heterocycles. The van der Waals surface area contributed by atoms with Gasteiger partial charge in [0.15, 0.2) is 0 Å². The maximum atomic E-state index is 11.9. The molecule has 1 aromatic carbocycles. The van der Waals surface area contributed by atoms with Crippen molar-refractivity contribution in [3.8, 4) is 0 Å². The van der Waals surface area contributed by atoms with E-state index in [0.29, 0.717) is 29.4 Å². The first-order valence-corrected chi connectivity index (χ1v) is 8.48. The highest BCUT2D eigenvalue weighted by molar-refractivity contribution is 7.92. The predicted octanol–water partition coefficient (Wildman–Crippen LogP) is 1.18. The minimum absolute atomic E-state index is 0.287. The minimum Gasteiger partial charge on any atom is -0.383 e. The summed E-state index contributed by atoms with van der Waals surface area (Å²) in [6.07, 6.45) is 1.06. The first kappa shape index (κ1) is 17.7. The van der Waals surface area contributed by atoms with Crippen LogP contribution in [0.2, 0.25) is 5.02 Å². The number of halogens is 1. The van der Waals surface area contributed by atoms with E-state index in [-0.39, 0.29) is 6.54 Å². The van der Waals surface area contributed by atoms with Crippen molar-refractivity contribution in [2.24, 2.45) is 0 Å². The second-order valence-corrected chi connectivity index (χ2v) is 6.89. The summed E-state index contributed by atoms with van der Waals surface area (Å²) < 4.78 is 29.7. The lowest BCUT2D eigenvalue weighted by molar-refractivity contribution is -0.119. The number of sulfonamides is 1. The molecular formula is C13H19ClN2O4S. The Hall–Kier alpha value is -1.31. The van der Waals surface area contributed by atoms with Crippen molar-refractivity contribution in [2.75, 3.05) is 37.4 Å². The first-order chi connectivity index (χ1) is 9.75. The molecular weight excluding hydrogens is 316 g/mol. The second-order valence-electron chi connectivity index (χ2n) is 4.54. The van der Waals surface area contributed by atoms with Crippen LogP contribution in [-0.4, -0.2) is 47.4 Å². The van der Waals surface area contributed by atoms with Crippen LogP contribution in [0.4, 0.5) is 5.69 Å². The fourth-order valence-electron chi connectivity index (χ4n) is 1.76. The third-order valence-corrected chi connectivity index (χ3v) is 4.10. The van der Waals surface area contributed by atoms with Crippen LogP contribution in [0.25, 0.3) is 0 Å². The number of hydrogen-bond acceptors (Lipinski definition) is 4. The SMILES string of the molecule is COCCNC(=O)CN(c1ccc(Cl)cc1C)S(C)(=O)=O. The molecule has 0 atom stereocenters. The molecule has 0 aliphatic carbocycles. The van der Waals surface area contributed by atoms with Gasteiger partial charge in [0.2, 0.25) is 15.9 Å². The van der Waals surface area contributed by atoms with Crippen molar-refractivity contribution in [3.63, 3.8) is 0 Å². The van der Waals surface area contributed by atoms with E-state index in [1.165, 1.54) is 7.11 Å². The van der Waals surface area contributed by atoms with Gasteiger partial charge in [-0.05, 0) is 30.7 Å². The van der Waals surface area contributed by atoms with E-state index in [0.717, 1.165) is 10.6 Å². The van der Waals surface area contributed by atoms with Gasteiger partial charge in [-0.1, -0.05) is 11.6 Å². The monoisotopic (exact) mass is 334 g/mol. The van der Waals surface area contributed by atoms with Crippen LogP contribution in [-0.2, 0) is 19.6 Å². The molecule has 0 heterocycles. The number of methoxy groups -OCH3 is 1. The van der Waals surface area contributed by atoms with Crippen molar-refractivity contribution < 1.29 is 17.9 Å². The first-order valence-electron chi connectivity index (χ1n) is 6.25. The van der Waals surface area contributed by atoms with Gasteiger partial charge in [-0.3, -0.25) is 9.10 Å². The molecule has 0 fully saturated rings. The Morgan fingerprint density at radius 3 is 2.62 bits per heavy atom. The van der Waals surface area contributed by atoms with Gasteiger partial charge in [-0.2, -0.15) is 0 Å². The summed E-state index contributed by atoms with van der Waals surface area (Å²) in [4.78, 5) is 11.8. The van der Waals surface area contributed by atoms with Gasteiger partial charge in [0.25, 0.3) is 0 Å². The highest BCUT2D eigenvalue weighted by Crippen LogP contribution is 2.25. The number of ether oxygens (including phenoxy) is 1. The Balaban J connectivity index is 2.95. The zero-order valence-corrected chi connectivity index (χ0v) is 13.8. The van der Waals surface area contributed by atoms with E-state index in [4.69, 9.17) is 16.3 Å². The smallest absolute Gasteiger partial charge is 0.240 e. The van der Waals surface area contributed by atoms with Gasteiger partial charge < -0.3 is 10.1 Å². The maximum absolute atomic E-state index is 11.9. The standard InChI is InChI=1S/C13H19ClN2O4S/c1-10-8-11(14)4-5-12(10)16(21(3,18)19)9-13(17)15-6-7-20-2/h4-5,8H,6-7,9H2,1-3H3,(H,15,17). The Labute approximate surface area is 130 Å². The van der Waals surface area contributed by atoms with Crippen LogP contribution in [0.15, 0.2) is 18.2 Å². The molecule has 118 valence electrons. The van der Waals surface area contributed by atoms with E-state index in [1.807, 2.05) is 0 Å². The van der Waals surface area contributed by atoms with Crippen molar-refractivity contribution >= 4 is 33.2 Å². The summed E-state index contributed by atoms with van der Waals surface area (Å²) in [5.74, 6) is -0.396. The van der Waals surface area contributed by atoms with Crippen LogP contribution in [0.3, 0.4) is 0 Å². The molecule has 0 bridgehead atoms. The van der Waals surface area contributed by atoms with Crippen LogP contribution in [0.1, 0.15) is 5.56 Å². The highest BCUT2D eigenvalue weighted by atomic mass is 35.5. The molecule has 8 heteroatoms. The number of amides is 1. The largest absolute Gasteiger partial charge is 0.383 e. The van der Waals surface area contributed by atoms with Gasteiger partial charge in [-0.25, -0.2) is 8.42 Å². The van der Waals surface area contributed by atoms with Crippen molar-refractivity contribution in [1.29, 1.82) is 0 Å².